The number of anilines is 1. The van der Waals surface area contributed by atoms with Gasteiger partial charge in [0.25, 0.3) is 0 Å². The summed E-state index contributed by atoms with van der Waals surface area (Å²) in [6.07, 6.45) is 2.00. The van der Waals surface area contributed by atoms with Gasteiger partial charge in [0.2, 0.25) is 0 Å². The average molecular weight is 355 g/mol. The second kappa shape index (κ2) is 6.09. The van der Waals surface area contributed by atoms with Crippen LogP contribution in [0.15, 0.2) is 71.7 Å². The molecule has 4 aromatic rings. The molecule has 0 aliphatic heterocycles. The van der Waals surface area contributed by atoms with Crippen LogP contribution in [0, 0.1) is 5.82 Å². The Hall–Kier alpha value is -3.40. The van der Waals surface area contributed by atoms with Crippen LogP contribution in [0.25, 0.3) is 21.5 Å². The lowest BCUT2D eigenvalue weighted by Gasteiger charge is -2.12. The topological polar surface area (TPSA) is 50.4 Å². The molecule has 0 bridgehead atoms. The molecule has 1 aliphatic rings. The molecule has 132 valence electrons. The molecule has 3 nitrogen and oxygen atoms in total. The van der Waals surface area contributed by atoms with E-state index >= 15 is 0 Å². The van der Waals surface area contributed by atoms with Crippen molar-refractivity contribution in [2.24, 2.45) is 10.7 Å². The van der Waals surface area contributed by atoms with E-state index in [1.54, 1.807) is 6.07 Å². The maximum Gasteiger partial charge on any atom is 0.198 e. The number of nitrogens with one attached hydrogen (secondary N) is 1. The smallest absolute Gasteiger partial charge is 0.198 e. The van der Waals surface area contributed by atoms with Crippen molar-refractivity contribution in [3.05, 3.63) is 83.7 Å². The number of aliphatic imine (C=N–C) groups is 1. The number of aryl methyl sites for hydroxylation is 2. The third-order valence-corrected chi connectivity index (χ3v) is 5.23. The zero-order chi connectivity index (χ0) is 18.4. The molecule has 0 heterocycles. The number of benzene rings is 4. The summed E-state index contributed by atoms with van der Waals surface area (Å²) < 4.78 is 14.4. The molecule has 0 spiro atoms. The standard InChI is InChI=1S/C23H18FN3/c24-19-12-9-14-4-1-2-7-17(14)22(19)27-23(25)26-20-13-10-16-6-3-5-15-8-11-18(20)21(15)16/h1-7,9-10,12-13H,8,11H2,(H3,25,26,27). The number of hydrogen-bond acceptors (Lipinski definition) is 1. The molecular weight excluding hydrogens is 337 g/mol. The maximum absolute atomic E-state index is 14.4. The minimum atomic E-state index is -0.385. The van der Waals surface area contributed by atoms with Crippen molar-refractivity contribution >= 4 is 38.9 Å². The van der Waals surface area contributed by atoms with E-state index in [1.807, 2.05) is 30.3 Å². The molecule has 1 aliphatic carbocycles. The fraction of sp³-hybridized carbons (Fsp3) is 0.0870. The van der Waals surface area contributed by atoms with E-state index in [1.165, 1.54) is 28.0 Å². The number of nitrogens with two attached hydrogens (primary N) is 1. The quantitative estimate of drug-likeness (QED) is 0.379. The first kappa shape index (κ1) is 15.8. The van der Waals surface area contributed by atoms with Gasteiger partial charge in [0.1, 0.15) is 11.5 Å². The fourth-order valence-electron chi connectivity index (χ4n) is 4.01. The molecule has 0 amide bonds. The zero-order valence-electron chi connectivity index (χ0n) is 14.7. The van der Waals surface area contributed by atoms with E-state index in [0.29, 0.717) is 0 Å². The number of hydrogen-bond donors (Lipinski definition) is 2. The summed E-state index contributed by atoms with van der Waals surface area (Å²) in [4.78, 5) is 4.36. The molecule has 27 heavy (non-hydrogen) atoms. The lowest BCUT2D eigenvalue weighted by Crippen LogP contribution is -2.22. The average Bonchev–Trinajstić information content (AvgIpc) is 3.12. The Morgan fingerprint density at radius 3 is 2.63 bits per heavy atom. The second-order valence-electron chi connectivity index (χ2n) is 6.85. The summed E-state index contributed by atoms with van der Waals surface area (Å²) >= 11 is 0. The van der Waals surface area contributed by atoms with E-state index in [0.717, 1.165) is 29.3 Å². The first-order valence-electron chi connectivity index (χ1n) is 9.02. The van der Waals surface area contributed by atoms with Gasteiger partial charge < -0.3 is 11.1 Å². The van der Waals surface area contributed by atoms with Gasteiger partial charge in [0, 0.05) is 11.1 Å². The summed E-state index contributed by atoms with van der Waals surface area (Å²) in [5, 5.41) is 7.40. The predicted molar refractivity (Wildman–Crippen MR) is 110 cm³/mol. The lowest BCUT2D eigenvalue weighted by atomic mass is 10.0. The van der Waals surface area contributed by atoms with Gasteiger partial charge in [-0.05, 0) is 52.3 Å². The van der Waals surface area contributed by atoms with E-state index in [4.69, 9.17) is 5.73 Å². The molecule has 4 aromatic carbocycles. The molecular formula is C23H18FN3. The maximum atomic E-state index is 14.4. The Labute approximate surface area is 156 Å². The van der Waals surface area contributed by atoms with Crippen LogP contribution in [0.4, 0.5) is 15.8 Å². The van der Waals surface area contributed by atoms with Crippen molar-refractivity contribution in [3.8, 4) is 0 Å². The van der Waals surface area contributed by atoms with Gasteiger partial charge >= 0.3 is 0 Å². The summed E-state index contributed by atoms with van der Waals surface area (Å²) in [5.41, 5.74) is 9.97. The monoisotopic (exact) mass is 355 g/mol. The molecule has 0 atom stereocenters. The Morgan fingerprint density at radius 2 is 1.70 bits per heavy atom. The molecule has 0 fully saturated rings. The normalized spacial score (nSPS) is 13.4. The predicted octanol–water partition coefficient (Wildman–Crippen LogP) is 5.29. The summed E-state index contributed by atoms with van der Waals surface area (Å²) in [6, 6.07) is 21.3. The highest BCUT2D eigenvalue weighted by Crippen LogP contribution is 2.36. The van der Waals surface area contributed by atoms with Crippen LogP contribution in [0.3, 0.4) is 0 Å². The SMILES string of the molecule is NC(=Nc1c(F)ccc2ccccc12)Nc1ccc2cccc3c2c1CC3. The Balaban J connectivity index is 1.57. The highest BCUT2D eigenvalue weighted by molar-refractivity contribution is 6.02. The van der Waals surface area contributed by atoms with Gasteiger partial charge in [0.15, 0.2) is 5.96 Å². The molecule has 0 saturated carbocycles. The first-order valence-corrected chi connectivity index (χ1v) is 9.02. The van der Waals surface area contributed by atoms with Crippen molar-refractivity contribution in [1.29, 1.82) is 0 Å². The van der Waals surface area contributed by atoms with Gasteiger partial charge in [-0.2, -0.15) is 0 Å². The largest absolute Gasteiger partial charge is 0.369 e. The van der Waals surface area contributed by atoms with Gasteiger partial charge in [-0.1, -0.05) is 54.6 Å². The Bertz CT molecular complexity index is 1230. The Morgan fingerprint density at radius 1 is 0.889 bits per heavy atom. The van der Waals surface area contributed by atoms with Gasteiger partial charge in [0.05, 0.1) is 0 Å². The molecule has 0 radical (unpaired) electrons. The fourth-order valence-corrected chi connectivity index (χ4v) is 4.01. The number of rotatable bonds is 2. The highest BCUT2D eigenvalue weighted by atomic mass is 19.1. The molecule has 3 N–H and O–H groups in total. The van der Waals surface area contributed by atoms with Crippen LogP contribution in [0.5, 0.6) is 0 Å². The summed E-state index contributed by atoms with van der Waals surface area (Å²) in [7, 11) is 0. The van der Waals surface area contributed by atoms with Crippen molar-refractivity contribution in [2.75, 3.05) is 5.32 Å². The van der Waals surface area contributed by atoms with E-state index in [-0.39, 0.29) is 17.5 Å². The van der Waals surface area contributed by atoms with Crippen LogP contribution in [0.1, 0.15) is 11.1 Å². The van der Waals surface area contributed by atoms with E-state index in [9.17, 15) is 4.39 Å². The van der Waals surface area contributed by atoms with Gasteiger partial charge in [-0.15, -0.1) is 0 Å². The lowest BCUT2D eigenvalue weighted by molar-refractivity contribution is 0.631. The second-order valence-corrected chi connectivity index (χ2v) is 6.85. The van der Waals surface area contributed by atoms with E-state index in [2.05, 4.69) is 34.6 Å². The third kappa shape index (κ3) is 2.61. The van der Waals surface area contributed by atoms with Crippen molar-refractivity contribution in [3.63, 3.8) is 0 Å². The molecule has 4 heteroatoms. The van der Waals surface area contributed by atoms with Crippen LogP contribution in [-0.4, -0.2) is 5.96 Å². The number of halogens is 1. The van der Waals surface area contributed by atoms with E-state index < -0.39 is 0 Å². The van der Waals surface area contributed by atoms with Crippen molar-refractivity contribution < 1.29 is 4.39 Å². The number of fused-ring (bicyclic) bond motifs is 1. The molecule has 0 saturated heterocycles. The third-order valence-electron chi connectivity index (χ3n) is 5.23. The molecule has 5 rings (SSSR count). The summed E-state index contributed by atoms with van der Waals surface area (Å²) in [6.45, 7) is 0. The first-order chi connectivity index (χ1) is 13.2. The van der Waals surface area contributed by atoms with Crippen LogP contribution in [-0.2, 0) is 12.8 Å². The number of guanidine groups is 1. The van der Waals surface area contributed by atoms with Gasteiger partial charge in [-0.25, -0.2) is 9.38 Å². The van der Waals surface area contributed by atoms with Crippen molar-refractivity contribution in [2.45, 2.75) is 12.8 Å². The van der Waals surface area contributed by atoms with Crippen LogP contribution < -0.4 is 11.1 Å². The number of nitrogens with zero attached hydrogens (tertiary/aromatic N) is 1. The zero-order valence-corrected chi connectivity index (χ0v) is 14.7. The van der Waals surface area contributed by atoms with Crippen LogP contribution in [0.2, 0.25) is 0 Å². The summed E-state index contributed by atoms with van der Waals surface area (Å²) in [5.74, 6) is -0.200. The Kier molecular flexibility index (Phi) is 3.57. The van der Waals surface area contributed by atoms with Crippen LogP contribution >= 0.6 is 0 Å². The molecule has 0 aromatic heterocycles. The minimum absolute atomic E-state index is 0.185. The minimum Gasteiger partial charge on any atom is -0.369 e. The highest BCUT2D eigenvalue weighted by Gasteiger charge is 2.18. The van der Waals surface area contributed by atoms with Crippen molar-refractivity contribution in [1.82, 2.24) is 0 Å². The van der Waals surface area contributed by atoms with Gasteiger partial charge in [-0.3, -0.25) is 0 Å². The molecule has 0 unspecified atom stereocenters.